The van der Waals surface area contributed by atoms with E-state index in [0.717, 1.165) is 39.3 Å². The van der Waals surface area contributed by atoms with E-state index in [1.54, 1.807) is 0 Å². The highest BCUT2D eigenvalue weighted by Crippen LogP contribution is 2.50. The number of aromatic nitrogens is 1. The van der Waals surface area contributed by atoms with Crippen molar-refractivity contribution in [2.75, 3.05) is 32.8 Å². The van der Waals surface area contributed by atoms with Crippen molar-refractivity contribution < 1.29 is 9.53 Å². The molecule has 3 aliphatic rings. The van der Waals surface area contributed by atoms with E-state index in [1.165, 1.54) is 16.8 Å². The van der Waals surface area contributed by atoms with Gasteiger partial charge in [0.1, 0.15) is 5.69 Å². The van der Waals surface area contributed by atoms with Gasteiger partial charge < -0.3 is 15.5 Å². The SMILES string of the molecule is CC1(CN2CC=C(C3c4cc(C(N)=O)[nH]c43)CC2)COC1. The first-order chi connectivity index (χ1) is 10.1. The van der Waals surface area contributed by atoms with Crippen LogP contribution in [-0.2, 0) is 4.74 Å². The molecule has 1 aromatic rings. The summed E-state index contributed by atoms with van der Waals surface area (Å²) in [5.41, 5.74) is 10.1. The van der Waals surface area contributed by atoms with Crippen LogP contribution < -0.4 is 5.73 Å². The van der Waals surface area contributed by atoms with E-state index < -0.39 is 0 Å². The summed E-state index contributed by atoms with van der Waals surface area (Å²) in [4.78, 5) is 16.7. The standard InChI is InChI=1S/C16H21N3O2/c1-16(8-21-9-16)7-19-4-2-10(3-5-19)13-11-6-12(15(17)20)18-14(11)13/h2,6,13,18H,3-5,7-9H2,1H3,(H2,17,20). The summed E-state index contributed by atoms with van der Waals surface area (Å²) in [5.74, 6) is 0.0542. The highest BCUT2D eigenvalue weighted by Gasteiger charge is 2.40. The molecule has 5 nitrogen and oxygen atoms in total. The quantitative estimate of drug-likeness (QED) is 0.818. The Bertz CT molecular complexity index is 606. The molecule has 1 saturated heterocycles. The number of H-pyrrole nitrogens is 1. The summed E-state index contributed by atoms with van der Waals surface area (Å²) in [6.07, 6.45) is 3.46. The number of hydrogen-bond acceptors (Lipinski definition) is 3. The number of nitrogens with zero attached hydrogens (tertiary/aromatic N) is 1. The zero-order chi connectivity index (χ0) is 14.6. The zero-order valence-corrected chi connectivity index (χ0v) is 12.3. The maximum atomic E-state index is 11.1. The Hall–Kier alpha value is -1.59. The van der Waals surface area contributed by atoms with Gasteiger partial charge in [-0.15, -0.1) is 0 Å². The molecule has 0 aromatic carbocycles. The number of amides is 1. The molecule has 1 fully saturated rings. The summed E-state index contributed by atoms with van der Waals surface area (Å²) >= 11 is 0. The zero-order valence-electron chi connectivity index (χ0n) is 12.3. The molecule has 0 bridgehead atoms. The van der Waals surface area contributed by atoms with Gasteiger partial charge in [0.15, 0.2) is 0 Å². The van der Waals surface area contributed by atoms with Crippen LogP contribution in [0.3, 0.4) is 0 Å². The van der Waals surface area contributed by atoms with Crippen LogP contribution in [0.4, 0.5) is 0 Å². The lowest BCUT2D eigenvalue weighted by Gasteiger charge is -2.42. The number of aromatic amines is 1. The third kappa shape index (κ3) is 2.21. The fraction of sp³-hybridized carbons (Fsp3) is 0.562. The maximum Gasteiger partial charge on any atom is 0.265 e. The van der Waals surface area contributed by atoms with Crippen molar-refractivity contribution >= 4 is 5.91 Å². The van der Waals surface area contributed by atoms with Gasteiger partial charge >= 0.3 is 0 Å². The van der Waals surface area contributed by atoms with Gasteiger partial charge in [-0.25, -0.2) is 0 Å². The van der Waals surface area contributed by atoms with Gasteiger partial charge in [0.05, 0.1) is 13.2 Å². The lowest BCUT2D eigenvalue weighted by atomic mass is 9.87. The van der Waals surface area contributed by atoms with E-state index in [4.69, 9.17) is 10.5 Å². The first-order valence-corrected chi connectivity index (χ1v) is 7.57. The molecule has 112 valence electrons. The minimum atomic E-state index is -0.374. The number of primary amides is 1. The van der Waals surface area contributed by atoms with Crippen LogP contribution in [0.25, 0.3) is 0 Å². The van der Waals surface area contributed by atoms with Gasteiger partial charge in [-0.05, 0) is 18.1 Å². The van der Waals surface area contributed by atoms with Crippen molar-refractivity contribution in [3.63, 3.8) is 0 Å². The summed E-state index contributed by atoms with van der Waals surface area (Å²) in [6.45, 7) is 7.34. The summed E-state index contributed by atoms with van der Waals surface area (Å²) in [5, 5.41) is 0. The predicted octanol–water partition coefficient (Wildman–Crippen LogP) is 1.23. The van der Waals surface area contributed by atoms with Crippen LogP contribution in [-0.4, -0.2) is 48.6 Å². The topological polar surface area (TPSA) is 71.3 Å². The Morgan fingerprint density at radius 2 is 2.38 bits per heavy atom. The van der Waals surface area contributed by atoms with Crippen molar-refractivity contribution in [1.82, 2.24) is 9.88 Å². The van der Waals surface area contributed by atoms with Crippen molar-refractivity contribution in [3.05, 3.63) is 34.7 Å². The van der Waals surface area contributed by atoms with Gasteiger partial charge in [0.2, 0.25) is 0 Å². The average Bonchev–Trinajstić information content (AvgIpc) is 2.91. The largest absolute Gasteiger partial charge is 0.380 e. The minimum Gasteiger partial charge on any atom is -0.380 e. The molecule has 0 spiro atoms. The van der Waals surface area contributed by atoms with Gasteiger partial charge in [-0.1, -0.05) is 18.6 Å². The number of nitrogens with two attached hydrogens (primary N) is 1. The fourth-order valence-corrected chi connectivity index (χ4v) is 3.61. The molecule has 0 radical (unpaired) electrons. The van der Waals surface area contributed by atoms with Crippen molar-refractivity contribution in [2.45, 2.75) is 19.3 Å². The molecule has 0 saturated carbocycles. The highest BCUT2D eigenvalue weighted by molar-refractivity contribution is 5.92. The van der Waals surface area contributed by atoms with Gasteiger partial charge in [0.25, 0.3) is 5.91 Å². The number of fused-ring (bicyclic) bond motifs is 1. The molecule has 1 atom stereocenters. The molecule has 3 heterocycles. The number of rotatable bonds is 4. The van der Waals surface area contributed by atoms with E-state index >= 15 is 0 Å². The molecule has 4 rings (SSSR count). The molecule has 1 aliphatic carbocycles. The Morgan fingerprint density at radius 3 is 2.86 bits per heavy atom. The maximum absolute atomic E-state index is 11.1. The number of carbonyl (C=O) groups is 1. The van der Waals surface area contributed by atoms with Gasteiger partial charge in [-0.2, -0.15) is 0 Å². The summed E-state index contributed by atoms with van der Waals surface area (Å²) < 4.78 is 5.33. The average molecular weight is 287 g/mol. The molecule has 3 N–H and O–H groups in total. The van der Waals surface area contributed by atoms with Crippen molar-refractivity contribution in [3.8, 4) is 0 Å². The minimum absolute atomic E-state index is 0.353. The second-order valence-electron chi connectivity index (χ2n) is 6.92. The second kappa shape index (κ2) is 4.45. The van der Waals surface area contributed by atoms with E-state index in [0.29, 0.717) is 17.0 Å². The summed E-state index contributed by atoms with van der Waals surface area (Å²) in [6, 6.07) is 1.91. The predicted molar refractivity (Wildman–Crippen MR) is 79.2 cm³/mol. The third-order valence-electron chi connectivity index (χ3n) is 4.87. The van der Waals surface area contributed by atoms with Gasteiger partial charge in [0, 0.05) is 36.7 Å². The van der Waals surface area contributed by atoms with Crippen LogP contribution in [0.15, 0.2) is 17.7 Å². The lowest BCUT2D eigenvalue weighted by Crippen LogP contribution is -2.49. The number of hydrogen-bond donors (Lipinski definition) is 2. The number of carbonyl (C=O) groups excluding carboxylic acids is 1. The van der Waals surface area contributed by atoms with Gasteiger partial charge in [-0.3, -0.25) is 9.69 Å². The number of nitrogens with one attached hydrogen (secondary N) is 1. The molecule has 1 unspecified atom stereocenters. The van der Waals surface area contributed by atoms with Crippen LogP contribution in [0, 0.1) is 5.41 Å². The normalized spacial score (nSPS) is 26.7. The Labute approximate surface area is 124 Å². The monoisotopic (exact) mass is 287 g/mol. The Balaban J connectivity index is 1.37. The molecule has 5 heteroatoms. The smallest absolute Gasteiger partial charge is 0.265 e. The fourth-order valence-electron chi connectivity index (χ4n) is 3.61. The van der Waals surface area contributed by atoms with Crippen LogP contribution in [0.1, 0.15) is 41.0 Å². The van der Waals surface area contributed by atoms with E-state index in [2.05, 4.69) is 22.9 Å². The Morgan fingerprint density at radius 1 is 1.57 bits per heavy atom. The van der Waals surface area contributed by atoms with Crippen LogP contribution in [0.5, 0.6) is 0 Å². The molecular formula is C16H21N3O2. The molecule has 2 aliphatic heterocycles. The second-order valence-corrected chi connectivity index (χ2v) is 6.92. The van der Waals surface area contributed by atoms with Crippen molar-refractivity contribution in [1.29, 1.82) is 0 Å². The molecular weight excluding hydrogens is 266 g/mol. The van der Waals surface area contributed by atoms with E-state index in [1.807, 2.05) is 6.07 Å². The van der Waals surface area contributed by atoms with Crippen LogP contribution >= 0.6 is 0 Å². The molecule has 21 heavy (non-hydrogen) atoms. The molecule has 1 aromatic heterocycles. The first-order valence-electron chi connectivity index (χ1n) is 7.57. The molecule has 1 amide bonds. The lowest BCUT2D eigenvalue weighted by molar-refractivity contribution is -0.114. The van der Waals surface area contributed by atoms with Crippen LogP contribution in [0.2, 0.25) is 0 Å². The third-order valence-corrected chi connectivity index (χ3v) is 4.87. The van der Waals surface area contributed by atoms with E-state index in [9.17, 15) is 4.79 Å². The highest BCUT2D eigenvalue weighted by atomic mass is 16.5. The summed E-state index contributed by atoms with van der Waals surface area (Å²) in [7, 11) is 0. The number of ether oxygens (including phenoxy) is 1. The Kier molecular flexibility index (Phi) is 2.78. The van der Waals surface area contributed by atoms with Crippen molar-refractivity contribution in [2.24, 2.45) is 11.1 Å². The first kappa shape index (κ1) is 13.1. The van der Waals surface area contributed by atoms with E-state index in [-0.39, 0.29) is 5.91 Å².